The minimum Gasteiger partial charge on any atom is -0.351 e. The first-order valence-electron chi connectivity index (χ1n) is 11.5. The van der Waals surface area contributed by atoms with Gasteiger partial charge in [0.05, 0.1) is 11.2 Å². The van der Waals surface area contributed by atoms with Crippen molar-refractivity contribution in [1.82, 2.24) is 29.5 Å². The van der Waals surface area contributed by atoms with E-state index in [0.717, 1.165) is 37.8 Å². The summed E-state index contributed by atoms with van der Waals surface area (Å²) in [6.45, 7) is 4.11. The molecule has 178 valence electrons. The number of rotatable bonds is 5. The maximum atomic E-state index is 13.8. The van der Waals surface area contributed by atoms with Gasteiger partial charge in [-0.3, -0.25) is 9.36 Å². The summed E-state index contributed by atoms with van der Waals surface area (Å²) >= 11 is 5.13. The smallest absolute Gasteiger partial charge is 0.215 e. The van der Waals surface area contributed by atoms with Crippen LogP contribution in [0, 0.1) is 6.92 Å². The second-order valence-electron chi connectivity index (χ2n) is 8.37. The van der Waals surface area contributed by atoms with Gasteiger partial charge in [-0.05, 0) is 55.1 Å². The Balaban J connectivity index is 1.72. The van der Waals surface area contributed by atoms with Gasteiger partial charge in [0.2, 0.25) is 5.43 Å². The van der Waals surface area contributed by atoms with Gasteiger partial charge in [-0.1, -0.05) is 70.5 Å². The summed E-state index contributed by atoms with van der Waals surface area (Å²) in [5.41, 5.74) is 5.12. The van der Waals surface area contributed by atoms with Crippen LogP contribution in [0.2, 0.25) is 0 Å². The Labute approximate surface area is 219 Å². The molecule has 6 aromatic rings. The molecule has 0 aliphatic carbocycles. The van der Waals surface area contributed by atoms with E-state index in [1.165, 1.54) is 0 Å². The van der Waals surface area contributed by atoms with Crippen LogP contribution in [0.5, 0.6) is 0 Å². The number of hydrogen-bond acceptors (Lipinski definition) is 5. The number of nitrogens with one attached hydrogen (secondary N) is 1. The van der Waals surface area contributed by atoms with Crippen molar-refractivity contribution in [1.29, 1.82) is 0 Å². The van der Waals surface area contributed by atoms with Gasteiger partial charge in [-0.2, -0.15) is 5.10 Å². The number of halogens is 1. The highest BCUT2D eigenvalue weighted by Crippen LogP contribution is 2.32. The molecule has 0 amide bonds. The first-order chi connectivity index (χ1) is 17.5. The molecular formula is C27H21BrN6OS. The largest absolute Gasteiger partial charge is 0.351 e. The predicted octanol–water partition coefficient (Wildman–Crippen LogP) is 6.30. The molecule has 0 aliphatic rings. The predicted molar refractivity (Wildman–Crippen MR) is 148 cm³/mol. The van der Waals surface area contributed by atoms with Gasteiger partial charge < -0.3 is 4.98 Å². The number of aromatic amines is 1. The Hall–Kier alpha value is -3.69. The number of para-hydroxylation sites is 1. The highest BCUT2D eigenvalue weighted by molar-refractivity contribution is 9.10. The number of H-pyrrole nitrogens is 1. The summed E-state index contributed by atoms with van der Waals surface area (Å²) in [5.74, 6) is 1.41. The summed E-state index contributed by atoms with van der Waals surface area (Å²) in [7, 11) is 0. The van der Waals surface area contributed by atoms with E-state index in [1.54, 1.807) is 16.4 Å². The Morgan fingerprint density at radius 2 is 1.75 bits per heavy atom. The maximum Gasteiger partial charge on any atom is 0.215 e. The molecule has 0 unspecified atom stereocenters. The van der Waals surface area contributed by atoms with Crippen molar-refractivity contribution in [3.05, 3.63) is 93.1 Å². The lowest BCUT2D eigenvalue weighted by molar-refractivity contribution is 0.877. The highest BCUT2D eigenvalue weighted by atomic mass is 79.9. The zero-order chi connectivity index (χ0) is 24.8. The van der Waals surface area contributed by atoms with Crippen molar-refractivity contribution in [3.63, 3.8) is 0 Å². The van der Waals surface area contributed by atoms with Crippen molar-refractivity contribution in [2.24, 2.45) is 0 Å². The second kappa shape index (κ2) is 9.07. The van der Waals surface area contributed by atoms with E-state index < -0.39 is 0 Å². The van der Waals surface area contributed by atoms with E-state index in [0.29, 0.717) is 27.9 Å². The lowest BCUT2D eigenvalue weighted by Crippen LogP contribution is -2.09. The number of aryl methyl sites for hydroxylation is 1. The molecule has 0 aliphatic heterocycles. The summed E-state index contributed by atoms with van der Waals surface area (Å²) in [5, 5.41) is 15.4. The number of thioether (sulfide) groups is 1. The minimum atomic E-state index is -0.0977. The normalized spacial score (nSPS) is 11.5. The van der Waals surface area contributed by atoms with Gasteiger partial charge in [-0.15, -0.1) is 10.2 Å². The molecule has 6 rings (SSSR count). The van der Waals surface area contributed by atoms with E-state index in [-0.39, 0.29) is 5.43 Å². The number of aromatic nitrogens is 6. The number of nitrogens with zero attached hydrogens (tertiary/aromatic N) is 5. The molecule has 9 heteroatoms. The van der Waals surface area contributed by atoms with Crippen LogP contribution >= 0.6 is 27.7 Å². The van der Waals surface area contributed by atoms with Gasteiger partial charge in [0.15, 0.2) is 16.7 Å². The fraction of sp³-hybridized carbons (Fsp3) is 0.111. The topological polar surface area (TPSA) is 81.4 Å². The Bertz CT molecular complexity index is 1790. The van der Waals surface area contributed by atoms with E-state index in [1.807, 2.05) is 84.3 Å². The van der Waals surface area contributed by atoms with Crippen LogP contribution in [0.4, 0.5) is 0 Å². The fourth-order valence-corrected chi connectivity index (χ4v) is 5.35. The SMILES string of the molecule is CCSc1nnc(-c2nn(-c3ccc(C)cc3)c3c(=O)c4ccc(Br)cc4[nH]c23)n1-c1ccccc1. The fourth-order valence-electron chi connectivity index (χ4n) is 4.31. The minimum absolute atomic E-state index is 0.0977. The molecule has 3 heterocycles. The summed E-state index contributed by atoms with van der Waals surface area (Å²) in [4.78, 5) is 17.3. The molecular weight excluding hydrogens is 536 g/mol. The zero-order valence-electron chi connectivity index (χ0n) is 19.6. The van der Waals surface area contributed by atoms with Crippen LogP contribution in [0.1, 0.15) is 12.5 Å². The standard InChI is InChI=1S/C27H21BrN6OS/c1-3-36-27-31-30-26(33(27)18-7-5-4-6-8-18)23-22-24(34(32-23)19-12-9-16(2)10-13-19)25(35)20-14-11-17(28)15-21(20)29-22/h4-15H,3H2,1-2H3,(H,29,35). The Morgan fingerprint density at radius 3 is 2.50 bits per heavy atom. The Morgan fingerprint density at radius 1 is 0.972 bits per heavy atom. The lowest BCUT2D eigenvalue weighted by atomic mass is 10.1. The molecule has 0 atom stereocenters. The third-order valence-electron chi connectivity index (χ3n) is 6.00. The first kappa shape index (κ1) is 22.8. The van der Waals surface area contributed by atoms with Crippen molar-refractivity contribution in [3.8, 4) is 22.9 Å². The van der Waals surface area contributed by atoms with E-state index in [9.17, 15) is 4.79 Å². The average Bonchev–Trinajstić information content (AvgIpc) is 3.47. The van der Waals surface area contributed by atoms with Crippen molar-refractivity contribution in [2.75, 3.05) is 5.75 Å². The average molecular weight is 557 g/mol. The van der Waals surface area contributed by atoms with E-state index in [4.69, 9.17) is 5.10 Å². The monoisotopic (exact) mass is 556 g/mol. The second-order valence-corrected chi connectivity index (χ2v) is 10.5. The summed E-state index contributed by atoms with van der Waals surface area (Å²) in [6, 6.07) is 23.5. The molecule has 36 heavy (non-hydrogen) atoms. The third-order valence-corrected chi connectivity index (χ3v) is 7.30. The molecule has 0 saturated carbocycles. The van der Waals surface area contributed by atoms with Crippen LogP contribution in [0.15, 0.2) is 87.2 Å². The van der Waals surface area contributed by atoms with Crippen molar-refractivity contribution < 1.29 is 0 Å². The molecule has 7 nitrogen and oxygen atoms in total. The maximum absolute atomic E-state index is 13.8. The number of fused-ring (bicyclic) bond motifs is 2. The van der Waals surface area contributed by atoms with Crippen molar-refractivity contribution >= 4 is 49.6 Å². The zero-order valence-corrected chi connectivity index (χ0v) is 22.0. The molecule has 0 fully saturated rings. The van der Waals surface area contributed by atoms with Crippen LogP contribution in [0.25, 0.3) is 44.8 Å². The van der Waals surface area contributed by atoms with Crippen LogP contribution in [-0.4, -0.2) is 35.3 Å². The van der Waals surface area contributed by atoms with Gasteiger partial charge in [0, 0.05) is 15.5 Å². The molecule has 1 N–H and O–H groups in total. The number of benzene rings is 3. The number of pyridine rings is 1. The van der Waals surface area contributed by atoms with Crippen LogP contribution < -0.4 is 5.43 Å². The molecule has 3 aromatic heterocycles. The lowest BCUT2D eigenvalue weighted by Gasteiger charge is -2.08. The summed E-state index contributed by atoms with van der Waals surface area (Å²) in [6.07, 6.45) is 0. The first-order valence-corrected chi connectivity index (χ1v) is 13.3. The van der Waals surface area contributed by atoms with E-state index in [2.05, 4.69) is 38.0 Å². The third kappa shape index (κ3) is 3.75. The molecule has 0 bridgehead atoms. The molecule has 3 aromatic carbocycles. The van der Waals surface area contributed by atoms with Crippen LogP contribution in [0.3, 0.4) is 0 Å². The molecule has 0 spiro atoms. The van der Waals surface area contributed by atoms with Crippen LogP contribution in [-0.2, 0) is 0 Å². The summed E-state index contributed by atoms with van der Waals surface area (Å²) < 4.78 is 4.59. The van der Waals surface area contributed by atoms with Gasteiger partial charge in [-0.25, -0.2) is 4.68 Å². The van der Waals surface area contributed by atoms with Gasteiger partial charge >= 0.3 is 0 Å². The number of hydrogen-bond donors (Lipinski definition) is 1. The van der Waals surface area contributed by atoms with Gasteiger partial charge in [0.1, 0.15) is 11.0 Å². The highest BCUT2D eigenvalue weighted by Gasteiger charge is 2.25. The Kier molecular flexibility index (Phi) is 5.73. The van der Waals surface area contributed by atoms with Gasteiger partial charge in [0.25, 0.3) is 0 Å². The molecule has 0 saturated heterocycles. The van der Waals surface area contributed by atoms with Crippen molar-refractivity contribution in [2.45, 2.75) is 19.0 Å². The van der Waals surface area contributed by atoms with E-state index >= 15 is 0 Å². The quantitative estimate of drug-likeness (QED) is 0.252. The molecule has 0 radical (unpaired) electrons.